The van der Waals surface area contributed by atoms with Crippen LogP contribution in [-0.4, -0.2) is 5.97 Å². The van der Waals surface area contributed by atoms with E-state index in [2.05, 4.69) is 9.57 Å². The van der Waals surface area contributed by atoms with E-state index < -0.39 is 0 Å². The van der Waals surface area contributed by atoms with Crippen LogP contribution in [0.2, 0.25) is 0 Å². The van der Waals surface area contributed by atoms with Crippen molar-refractivity contribution in [2.75, 3.05) is 0 Å². The Kier molecular flexibility index (Phi) is 11.3. The number of unbranched alkanes of at least 4 members (excludes halogenated alkanes) is 6. The van der Waals surface area contributed by atoms with Gasteiger partial charge in [0.1, 0.15) is 0 Å². The van der Waals surface area contributed by atoms with Crippen molar-refractivity contribution in [2.45, 2.75) is 51.9 Å². The Morgan fingerprint density at radius 3 is 2.50 bits per heavy atom. The van der Waals surface area contributed by atoms with Gasteiger partial charge in [-0.15, -0.1) is 0 Å². The van der Waals surface area contributed by atoms with Gasteiger partial charge in [0.2, 0.25) is 0 Å². The monoisotopic (exact) mass is 385 g/mol. The summed E-state index contributed by atoms with van der Waals surface area (Å²) in [4.78, 5) is 10.7. The molecule has 0 aromatic heterocycles. The van der Waals surface area contributed by atoms with Crippen molar-refractivity contribution < 1.29 is 34.0 Å². The van der Waals surface area contributed by atoms with Crippen molar-refractivity contribution in [3.63, 3.8) is 0 Å². The number of carbonyl (C=O) groups excluding carboxylic acids is 1. The van der Waals surface area contributed by atoms with Crippen LogP contribution in [0.4, 0.5) is 0 Å². The topological polar surface area (TPSA) is 26.3 Å². The molecular formula is C11H19HgO2. The van der Waals surface area contributed by atoms with Crippen LogP contribution in [-0.2, 0) is 34.0 Å². The summed E-state index contributed by atoms with van der Waals surface area (Å²) in [5, 5.41) is 0. The van der Waals surface area contributed by atoms with E-state index >= 15 is 0 Å². The van der Waals surface area contributed by atoms with Gasteiger partial charge in [0.25, 0.3) is 0 Å². The zero-order valence-electron chi connectivity index (χ0n) is 9.13. The molecule has 77 valence electrons. The Balaban J connectivity index is 3.13. The molecule has 0 rings (SSSR count). The van der Waals surface area contributed by atoms with Crippen LogP contribution in [0.15, 0.2) is 12.2 Å². The molecule has 0 fully saturated rings. The molecule has 3 heteroatoms. The molecule has 0 saturated carbocycles. The van der Waals surface area contributed by atoms with Crippen LogP contribution in [0, 0.1) is 0 Å². The normalized spacial score (nSPS) is 10.8. The molecule has 2 nitrogen and oxygen atoms in total. The summed E-state index contributed by atoms with van der Waals surface area (Å²) in [5.74, 6) is -0.167. The van der Waals surface area contributed by atoms with Crippen LogP contribution >= 0.6 is 0 Å². The second kappa shape index (κ2) is 11.2. The first-order valence-corrected chi connectivity index (χ1v) is 7.68. The van der Waals surface area contributed by atoms with Gasteiger partial charge >= 0.3 is 104 Å². The number of carbonyl (C=O) groups is 1. The molecule has 0 heterocycles. The van der Waals surface area contributed by atoms with Crippen molar-refractivity contribution in [2.24, 2.45) is 0 Å². The van der Waals surface area contributed by atoms with Crippen LogP contribution in [0.5, 0.6) is 0 Å². The van der Waals surface area contributed by atoms with Crippen LogP contribution in [0.3, 0.4) is 0 Å². The summed E-state index contributed by atoms with van der Waals surface area (Å²) < 4.78 is 4.68. The molecule has 0 aliphatic carbocycles. The van der Waals surface area contributed by atoms with Gasteiger partial charge in [0.15, 0.2) is 0 Å². The molecule has 0 radical (unpaired) electrons. The Morgan fingerprint density at radius 2 is 1.86 bits per heavy atom. The molecule has 0 amide bonds. The Bertz CT molecular complexity index is 167. The summed E-state index contributed by atoms with van der Waals surface area (Å²) in [5.41, 5.74) is 0. The molecule has 0 saturated heterocycles. The fraction of sp³-hybridized carbons (Fsp3) is 0.727. The first-order valence-electron chi connectivity index (χ1n) is 5.43. The van der Waals surface area contributed by atoms with E-state index in [0.29, 0.717) is 0 Å². The molecule has 14 heavy (non-hydrogen) atoms. The van der Waals surface area contributed by atoms with Crippen molar-refractivity contribution in [3.05, 3.63) is 12.2 Å². The van der Waals surface area contributed by atoms with Gasteiger partial charge in [-0.1, -0.05) is 0 Å². The number of rotatable bonds is 8. The van der Waals surface area contributed by atoms with Crippen molar-refractivity contribution in [1.82, 2.24) is 0 Å². The van der Waals surface area contributed by atoms with Gasteiger partial charge in [0.05, 0.1) is 0 Å². The Morgan fingerprint density at radius 1 is 1.21 bits per heavy atom. The zero-order chi connectivity index (χ0) is 10.6. The van der Waals surface area contributed by atoms with Gasteiger partial charge < -0.3 is 0 Å². The van der Waals surface area contributed by atoms with E-state index in [9.17, 15) is 4.79 Å². The van der Waals surface area contributed by atoms with E-state index in [1.54, 1.807) is 6.08 Å². The fourth-order valence-electron chi connectivity index (χ4n) is 1.27. The third-order valence-electron chi connectivity index (χ3n) is 2.12. The van der Waals surface area contributed by atoms with Gasteiger partial charge in [-0.05, 0) is 0 Å². The molecule has 0 N–H and O–H groups in total. The average molecular weight is 384 g/mol. The quantitative estimate of drug-likeness (QED) is 0.365. The maximum absolute atomic E-state index is 10.7. The predicted octanol–water partition coefficient (Wildman–Crippen LogP) is 3.30. The number of hydrogen-bond acceptors (Lipinski definition) is 2. The van der Waals surface area contributed by atoms with Gasteiger partial charge in [-0.2, -0.15) is 0 Å². The van der Waals surface area contributed by atoms with Crippen molar-refractivity contribution >= 4 is 5.97 Å². The third kappa shape index (κ3) is 10.2. The molecule has 0 aliphatic heterocycles. The molecule has 0 aliphatic rings. The second-order valence-corrected chi connectivity index (χ2v) is 4.54. The van der Waals surface area contributed by atoms with E-state index in [4.69, 9.17) is 0 Å². The second-order valence-electron chi connectivity index (χ2n) is 3.42. The maximum atomic E-state index is 10.7. The van der Waals surface area contributed by atoms with Crippen LogP contribution < -0.4 is 0 Å². The summed E-state index contributed by atoms with van der Waals surface area (Å²) in [6, 6.07) is 0. The van der Waals surface area contributed by atoms with Crippen LogP contribution in [0.1, 0.15) is 51.9 Å². The molecule has 0 bridgehead atoms. The standard InChI is InChI=1S/C11H20O2.Hg/c1-2-3-4-5-6-7-8-9-10-11(12)13;/h9-10H,2-8H2,1H3,(H,12,13);/q;+1/p-1. The van der Waals surface area contributed by atoms with Gasteiger partial charge in [-0.25, -0.2) is 0 Å². The van der Waals surface area contributed by atoms with E-state index in [1.165, 1.54) is 38.5 Å². The van der Waals surface area contributed by atoms with E-state index in [1.807, 2.05) is 6.08 Å². The predicted molar refractivity (Wildman–Crippen MR) is 53.2 cm³/mol. The molecule has 0 spiro atoms. The number of allylic oxidation sites excluding steroid dienone is 1. The van der Waals surface area contributed by atoms with Gasteiger partial charge in [-0.3, -0.25) is 0 Å². The van der Waals surface area contributed by atoms with Crippen molar-refractivity contribution in [1.29, 1.82) is 0 Å². The third-order valence-corrected chi connectivity index (χ3v) is 3.23. The Labute approximate surface area is 104 Å². The first kappa shape index (κ1) is 14.1. The van der Waals surface area contributed by atoms with Gasteiger partial charge in [0, 0.05) is 0 Å². The minimum absolute atomic E-state index is 0.130. The van der Waals surface area contributed by atoms with E-state index in [0.717, 1.165) is 6.42 Å². The zero-order valence-corrected chi connectivity index (χ0v) is 14.6. The van der Waals surface area contributed by atoms with Crippen molar-refractivity contribution in [3.8, 4) is 0 Å². The van der Waals surface area contributed by atoms with Crippen LogP contribution in [0.25, 0.3) is 0 Å². The molecule has 0 aromatic rings. The summed E-state index contributed by atoms with van der Waals surface area (Å²) in [6.07, 6.45) is 12.3. The first-order chi connectivity index (χ1) is 6.81. The fourth-order valence-corrected chi connectivity index (χ4v) is 1.64. The molecular weight excluding hydrogens is 365 g/mol. The summed E-state index contributed by atoms with van der Waals surface area (Å²) in [7, 11) is 0. The number of hydrogen-bond donors (Lipinski definition) is 0. The molecule has 0 unspecified atom stereocenters. The summed E-state index contributed by atoms with van der Waals surface area (Å²) >= 11 is 0.130. The summed E-state index contributed by atoms with van der Waals surface area (Å²) in [6.45, 7) is 2.23. The Hall–Kier alpha value is 0.145. The SMILES string of the molecule is CCCCCCCCC=CC(=O)[O][Hg]. The van der Waals surface area contributed by atoms with E-state index in [-0.39, 0.29) is 32.5 Å². The average Bonchev–Trinajstić information content (AvgIpc) is 2.21. The molecule has 0 atom stereocenters. The molecule has 0 aromatic carbocycles. The minimum atomic E-state index is -0.167.